The number of ketones is 1. The van der Waals surface area contributed by atoms with E-state index in [1.54, 1.807) is 0 Å². The van der Waals surface area contributed by atoms with E-state index in [-0.39, 0.29) is 11.7 Å². The molecule has 0 bridgehead atoms. The van der Waals surface area contributed by atoms with Gasteiger partial charge in [-0.1, -0.05) is 42.5 Å². The quantitative estimate of drug-likeness (QED) is 0.816. The van der Waals surface area contributed by atoms with Gasteiger partial charge >= 0.3 is 0 Å². The summed E-state index contributed by atoms with van der Waals surface area (Å²) in [5.41, 5.74) is 1.27. The topological polar surface area (TPSA) is 57.5 Å². The molecule has 0 spiro atoms. The van der Waals surface area contributed by atoms with Crippen molar-refractivity contribution in [2.45, 2.75) is 37.9 Å². The lowest BCUT2D eigenvalue weighted by Gasteiger charge is -2.21. The lowest BCUT2D eigenvalue weighted by molar-refractivity contribution is -0.132. The van der Waals surface area contributed by atoms with E-state index >= 15 is 0 Å². The maximum atomic E-state index is 11.8. The van der Waals surface area contributed by atoms with Gasteiger partial charge in [-0.3, -0.25) is 4.79 Å². The molecule has 3 atom stereocenters. The Kier molecular flexibility index (Phi) is 4.88. The number of allylic oxidation sites excluding steroid dienone is 1. The molecule has 0 saturated heterocycles. The summed E-state index contributed by atoms with van der Waals surface area (Å²) in [7, 11) is 0. The summed E-state index contributed by atoms with van der Waals surface area (Å²) in [5, 5.41) is 19.1. The highest BCUT2D eigenvalue weighted by Crippen LogP contribution is 2.21. The highest BCUT2D eigenvalue weighted by molar-refractivity contribution is 5.84. The van der Waals surface area contributed by atoms with Gasteiger partial charge in [0.25, 0.3) is 0 Å². The highest BCUT2D eigenvalue weighted by Gasteiger charge is 2.26. The third kappa shape index (κ3) is 4.01. The Hall–Kier alpha value is -1.45. The van der Waals surface area contributed by atoms with Crippen molar-refractivity contribution in [3.05, 3.63) is 48.0 Å². The summed E-state index contributed by atoms with van der Waals surface area (Å²) in [5.74, 6) is -0.0129. The van der Waals surface area contributed by atoms with Crippen molar-refractivity contribution in [3.8, 4) is 0 Å². The Morgan fingerprint density at radius 2 is 1.89 bits per heavy atom. The molecule has 2 rings (SSSR count). The van der Waals surface area contributed by atoms with Crippen molar-refractivity contribution >= 4 is 5.78 Å². The smallest absolute Gasteiger partial charge is 0.164 e. The first kappa shape index (κ1) is 14.0. The van der Waals surface area contributed by atoms with E-state index in [4.69, 9.17) is 0 Å². The largest absolute Gasteiger partial charge is 0.386 e. The van der Waals surface area contributed by atoms with Crippen molar-refractivity contribution in [1.82, 2.24) is 0 Å². The second-order valence-electron chi connectivity index (χ2n) is 5.16. The van der Waals surface area contributed by atoms with Crippen LogP contribution < -0.4 is 0 Å². The van der Waals surface area contributed by atoms with E-state index < -0.39 is 12.2 Å². The Labute approximate surface area is 113 Å². The number of rotatable bonds is 3. The summed E-state index contributed by atoms with van der Waals surface area (Å²) in [6, 6.07) is 10.2. The number of Topliss-reactive ketones (excluding diaryl/α,β-unsaturated/α-hetero) is 1. The average molecular weight is 260 g/mol. The molecule has 2 N–H and O–H groups in total. The van der Waals surface area contributed by atoms with Crippen LogP contribution in [-0.4, -0.2) is 28.2 Å². The minimum Gasteiger partial charge on any atom is -0.386 e. The van der Waals surface area contributed by atoms with Crippen LogP contribution in [0.25, 0.3) is 0 Å². The SMILES string of the molecule is O=C1CC(CCc2ccccc2)CC=CC(O)C1O. The molecule has 0 saturated carbocycles. The zero-order valence-corrected chi connectivity index (χ0v) is 10.9. The fourth-order valence-electron chi connectivity index (χ4n) is 2.43. The highest BCUT2D eigenvalue weighted by atomic mass is 16.3. The normalized spacial score (nSPS) is 27.9. The molecule has 1 aliphatic rings. The van der Waals surface area contributed by atoms with Crippen molar-refractivity contribution in [3.63, 3.8) is 0 Å². The fourth-order valence-corrected chi connectivity index (χ4v) is 2.43. The Balaban J connectivity index is 1.93. The lowest BCUT2D eigenvalue weighted by atomic mass is 9.87. The minimum atomic E-state index is -1.27. The van der Waals surface area contributed by atoms with Crippen molar-refractivity contribution in [2.75, 3.05) is 0 Å². The molecule has 0 aliphatic heterocycles. The number of hydrogen-bond acceptors (Lipinski definition) is 3. The summed E-state index contributed by atoms with van der Waals surface area (Å²) >= 11 is 0. The van der Waals surface area contributed by atoms with Gasteiger partial charge in [-0.2, -0.15) is 0 Å². The maximum absolute atomic E-state index is 11.8. The number of benzene rings is 1. The third-order valence-corrected chi connectivity index (χ3v) is 3.63. The molecule has 0 amide bonds. The van der Waals surface area contributed by atoms with Crippen LogP contribution in [0.5, 0.6) is 0 Å². The van der Waals surface area contributed by atoms with E-state index in [1.165, 1.54) is 11.6 Å². The fraction of sp³-hybridized carbons (Fsp3) is 0.438. The molecule has 0 fully saturated rings. The predicted molar refractivity (Wildman–Crippen MR) is 73.6 cm³/mol. The van der Waals surface area contributed by atoms with E-state index in [2.05, 4.69) is 12.1 Å². The van der Waals surface area contributed by atoms with Crippen LogP contribution in [0.2, 0.25) is 0 Å². The van der Waals surface area contributed by atoms with Crippen molar-refractivity contribution in [2.24, 2.45) is 5.92 Å². The first-order valence-corrected chi connectivity index (χ1v) is 6.76. The predicted octanol–water partition coefficient (Wildman–Crippen LogP) is 1.88. The summed E-state index contributed by atoms with van der Waals surface area (Å²) < 4.78 is 0. The molecule has 102 valence electrons. The van der Waals surface area contributed by atoms with Crippen LogP contribution >= 0.6 is 0 Å². The van der Waals surface area contributed by atoms with Gasteiger partial charge in [-0.15, -0.1) is 0 Å². The molecular weight excluding hydrogens is 240 g/mol. The number of aliphatic hydroxyl groups is 2. The van der Waals surface area contributed by atoms with Crippen molar-refractivity contribution in [1.29, 1.82) is 0 Å². The Morgan fingerprint density at radius 1 is 1.16 bits per heavy atom. The zero-order chi connectivity index (χ0) is 13.7. The Morgan fingerprint density at radius 3 is 2.63 bits per heavy atom. The molecule has 1 aromatic carbocycles. The van der Waals surface area contributed by atoms with Crippen LogP contribution in [-0.2, 0) is 11.2 Å². The molecule has 0 aromatic heterocycles. The zero-order valence-electron chi connectivity index (χ0n) is 10.9. The van der Waals surface area contributed by atoms with Crippen LogP contribution in [0.15, 0.2) is 42.5 Å². The van der Waals surface area contributed by atoms with Gasteiger partial charge in [0.05, 0.1) is 0 Å². The molecule has 0 heterocycles. The van der Waals surface area contributed by atoms with Crippen LogP contribution in [0.4, 0.5) is 0 Å². The number of aryl methyl sites for hydroxylation is 1. The lowest BCUT2D eigenvalue weighted by Crippen LogP contribution is -2.34. The van der Waals surface area contributed by atoms with Gasteiger partial charge in [0.1, 0.15) is 12.2 Å². The second-order valence-corrected chi connectivity index (χ2v) is 5.16. The van der Waals surface area contributed by atoms with E-state index in [1.807, 2.05) is 24.3 Å². The number of carbonyl (C=O) groups is 1. The third-order valence-electron chi connectivity index (χ3n) is 3.63. The second kappa shape index (κ2) is 6.64. The molecule has 1 aromatic rings. The number of carbonyl (C=O) groups excluding carboxylic acids is 1. The van der Waals surface area contributed by atoms with Gasteiger partial charge < -0.3 is 10.2 Å². The molecular formula is C16H20O3. The van der Waals surface area contributed by atoms with Gasteiger partial charge in [0.2, 0.25) is 0 Å². The first-order chi connectivity index (χ1) is 9.16. The molecule has 19 heavy (non-hydrogen) atoms. The van der Waals surface area contributed by atoms with E-state index in [9.17, 15) is 15.0 Å². The van der Waals surface area contributed by atoms with Crippen LogP contribution in [0.3, 0.4) is 0 Å². The van der Waals surface area contributed by atoms with Gasteiger partial charge in [0, 0.05) is 6.42 Å². The number of hydrogen-bond donors (Lipinski definition) is 2. The standard InChI is InChI=1S/C16H20O3/c17-14-8-4-7-13(11-15(18)16(14)19)10-9-12-5-2-1-3-6-12/h1-6,8,13-14,16-17,19H,7,9-11H2. The Bertz CT molecular complexity index is 439. The molecule has 3 unspecified atom stereocenters. The van der Waals surface area contributed by atoms with E-state index in [0.717, 1.165) is 19.3 Å². The first-order valence-electron chi connectivity index (χ1n) is 6.76. The van der Waals surface area contributed by atoms with Crippen LogP contribution in [0, 0.1) is 5.92 Å². The van der Waals surface area contributed by atoms with Crippen LogP contribution in [0.1, 0.15) is 24.8 Å². The van der Waals surface area contributed by atoms with Gasteiger partial charge in [0.15, 0.2) is 5.78 Å². The van der Waals surface area contributed by atoms with E-state index in [0.29, 0.717) is 6.42 Å². The maximum Gasteiger partial charge on any atom is 0.164 e. The summed E-state index contributed by atoms with van der Waals surface area (Å²) in [6.07, 6.45) is 4.05. The molecule has 3 heteroatoms. The minimum absolute atomic E-state index is 0.242. The average Bonchev–Trinajstić information content (AvgIpc) is 2.43. The van der Waals surface area contributed by atoms with Gasteiger partial charge in [-0.25, -0.2) is 0 Å². The number of aliphatic hydroxyl groups excluding tert-OH is 2. The molecule has 1 aliphatic carbocycles. The monoisotopic (exact) mass is 260 g/mol. The van der Waals surface area contributed by atoms with Crippen molar-refractivity contribution < 1.29 is 15.0 Å². The molecule has 0 radical (unpaired) electrons. The molecule has 3 nitrogen and oxygen atoms in total. The van der Waals surface area contributed by atoms with Gasteiger partial charge in [-0.05, 0) is 30.7 Å². The summed E-state index contributed by atoms with van der Waals surface area (Å²) in [4.78, 5) is 11.8. The summed E-state index contributed by atoms with van der Waals surface area (Å²) in [6.45, 7) is 0.